The molecule has 0 radical (unpaired) electrons. The van der Waals surface area contributed by atoms with E-state index in [2.05, 4.69) is 76.5 Å². The van der Waals surface area contributed by atoms with Crippen LogP contribution in [0.1, 0.15) is 30.9 Å². The molecule has 1 fully saturated rings. The average Bonchev–Trinajstić information content (AvgIpc) is 3.46. The zero-order valence-corrected chi connectivity index (χ0v) is 30.6. The second kappa shape index (κ2) is 14.8. The third kappa shape index (κ3) is 8.01. The predicted octanol–water partition coefficient (Wildman–Crippen LogP) is 5.08. The Morgan fingerprint density at radius 3 is 2.62 bits per heavy atom. The summed E-state index contributed by atoms with van der Waals surface area (Å²) >= 11 is -1.18. The van der Waals surface area contributed by atoms with Crippen LogP contribution in [0.4, 0.5) is 5.69 Å². The Hall–Kier alpha value is -0.180. The van der Waals surface area contributed by atoms with Gasteiger partial charge in [-0.15, -0.1) is 5.53 Å². The Kier molecular flexibility index (Phi) is 12.1. The second-order valence-corrected chi connectivity index (χ2v) is 20.0. The maximum Gasteiger partial charge on any atom is 0.188 e. The van der Waals surface area contributed by atoms with Crippen LogP contribution in [0.3, 0.4) is 0 Å². The summed E-state index contributed by atoms with van der Waals surface area (Å²) in [7, 11) is 0. The first-order valence-electron chi connectivity index (χ1n) is 12.3. The number of halogens is 4. The number of benzene rings is 2. The molecule has 0 bridgehead atoms. The van der Waals surface area contributed by atoms with Crippen LogP contribution in [0.15, 0.2) is 42.6 Å². The quantitative estimate of drug-likeness (QED) is 0.175. The van der Waals surface area contributed by atoms with Crippen molar-refractivity contribution >= 4 is 112 Å². The first-order chi connectivity index (χ1) is 18.8. The highest BCUT2D eigenvalue weighted by Crippen LogP contribution is 2.34. The highest BCUT2D eigenvalue weighted by molar-refractivity contribution is 14.3. The molecule has 2 aliphatic heterocycles. The minimum atomic E-state index is -1.06. The molecule has 0 aliphatic carbocycles. The van der Waals surface area contributed by atoms with Crippen molar-refractivity contribution in [2.45, 2.75) is 34.0 Å². The van der Waals surface area contributed by atoms with Crippen LogP contribution >= 0.6 is 82.9 Å². The first-order valence-corrected chi connectivity index (χ1v) is 23.1. The second-order valence-electron chi connectivity index (χ2n) is 9.61. The monoisotopic (exact) mass is 984 g/mol. The number of aliphatic hydroxyl groups is 2. The Balaban J connectivity index is 1.60. The zero-order chi connectivity index (χ0) is 28.0. The maximum atomic E-state index is 10.7. The van der Waals surface area contributed by atoms with Gasteiger partial charge in [0, 0.05) is 43.5 Å². The highest BCUT2D eigenvalue weighted by Gasteiger charge is 2.35. The van der Waals surface area contributed by atoms with E-state index in [0.717, 1.165) is 60.7 Å². The molecule has 4 N–H and O–H groups in total. The molecule has 2 aliphatic rings. The number of hydrogen-bond acceptors (Lipinski definition) is 7. The molecule has 2 aromatic rings. The number of ether oxygens (including phenoxy) is 1. The molecule has 0 amide bonds. The van der Waals surface area contributed by atoms with Gasteiger partial charge in [-0.2, -0.15) is 0 Å². The van der Waals surface area contributed by atoms with Crippen LogP contribution in [0.25, 0.3) is 5.70 Å². The lowest BCUT2D eigenvalue weighted by molar-refractivity contribution is -0.0697. The Bertz CT molecular complexity index is 1260. The molecule has 2 heterocycles. The van der Waals surface area contributed by atoms with Gasteiger partial charge in [0.25, 0.3) is 0 Å². The number of hydrogen-bond donors (Lipinski definition) is 4. The van der Waals surface area contributed by atoms with Gasteiger partial charge in [-0.25, -0.2) is 0 Å². The van der Waals surface area contributed by atoms with Crippen LogP contribution in [0.5, 0.6) is 5.75 Å². The van der Waals surface area contributed by atoms with Gasteiger partial charge < -0.3 is 20.4 Å². The molecule has 7 nitrogen and oxygen atoms in total. The number of rotatable bonds is 12. The molecule has 0 aromatic heterocycles. The SMILES string of the molecule is C=Ic1ccc(N2C=C(c3ccc(CN4CCC[C@H]([C@](C)(O)CO)C4)c(OC(I=C)I=C)c3)NN2)c(I=C)c1. The smallest absolute Gasteiger partial charge is 0.188 e. The summed E-state index contributed by atoms with van der Waals surface area (Å²) in [5.74, 6) is 0.929. The van der Waals surface area contributed by atoms with Gasteiger partial charge in [0.1, 0.15) is 5.75 Å². The third-order valence-electron chi connectivity index (χ3n) is 6.97. The molecule has 11 heteroatoms. The van der Waals surface area contributed by atoms with Crippen molar-refractivity contribution in [1.82, 2.24) is 15.9 Å². The van der Waals surface area contributed by atoms with E-state index in [1.165, 1.54) is 7.14 Å². The van der Waals surface area contributed by atoms with Crippen molar-refractivity contribution < 1.29 is 14.9 Å². The van der Waals surface area contributed by atoms with E-state index in [4.69, 9.17) is 4.74 Å². The van der Waals surface area contributed by atoms with Crippen LogP contribution in [-0.4, -0.2) is 60.6 Å². The number of piperidine rings is 1. The summed E-state index contributed by atoms with van der Waals surface area (Å²) < 4.78 is 26.0. The Morgan fingerprint density at radius 2 is 1.92 bits per heavy atom. The molecule has 4 rings (SSSR count). The fourth-order valence-corrected chi connectivity index (χ4v) is 10.4. The number of nitrogens with zero attached hydrogens (tertiary/aromatic N) is 2. The van der Waals surface area contributed by atoms with Crippen molar-refractivity contribution in [2.75, 3.05) is 24.7 Å². The largest absolute Gasteiger partial charge is 0.471 e. The van der Waals surface area contributed by atoms with Crippen LogP contribution in [0, 0.1) is 13.1 Å². The van der Waals surface area contributed by atoms with E-state index in [1.807, 2.05) is 5.01 Å². The predicted molar refractivity (Wildman–Crippen MR) is 202 cm³/mol. The summed E-state index contributed by atoms with van der Waals surface area (Å²) in [6, 6.07) is 13.0. The third-order valence-corrected chi connectivity index (χ3v) is 16.6. The molecular weight excluding hydrogens is 948 g/mol. The molecule has 0 spiro atoms. The number of alkyl halides is 2. The number of aliphatic hydroxyl groups excluding tert-OH is 1. The van der Waals surface area contributed by atoms with Gasteiger partial charge in [0.05, 0.1) is 23.6 Å². The zero-order valence-electron chi connectivity index (χ0n) is 22.0. The maximum absolute atomic E-state index is 10.7. The van der Waals surface area contributed by atoms with Crippen molar-refractivity contribution in [3.05, 3.63) is 60.9 Å². The first kappa shape index (κ1) is 31.7. The van der Waals surface area contributed by atoms with Crippen molar-refractivity contribution in [3.63, 3.8) is 0 Å². The highest BCUT2D eigenvalue weighted by atomic mass is 127. The summed E-state index contributed by atoms with van der Waals surface area (Å²) in [5.41, 5.74) is 9.82. The number of likely N-dealkylation sites (tertiary alicyclic amines) is 1. The summed E-state index contributed by atoms with van der Waals surface area (Å²) in [5, 5.41) is 22.4. The molecular formula is C28H36I4N4O3. The van der Waals surface area contributed by atoms with E-state index < -0.39 is 5.60 Å². The molecule has 0 unspecified atom stereocenters. The lowest BCUT2D eigenvalue weighted by Crippen LogP contribution is -2.47. The molecule has 39 heavy (non-hydrogen) atoms. The van der Waals surface area contributed by atoms with Gasteiger partial charge in [-0.3, -0.25) is 9.91 Å². The van der Waals surface area contributed by atoms with Crippen molar-refractivity contribution in [1.29, 1.82) is 0 Å². The fourth-order valence-electron chi connectivity index (χ4n) is 4.70. The number of nitrogens with one attached hydrogen (secondary N) is 2. The van der Waals surface area contributed by atoms with Gasteiger partial charge in [-0.05, 0) is 50.6 Å². The molecule has 2 atom stereocenters. The van der Waals surface area contributed by atoms with Gasteiger partial charge in [0.15, 0.2) is 2.12 Å². The van der Waals surface area contributed by atoms with Crippen molar-refractivity contribution in [3.8, 4) is 5.75 Å². The fraction of sp³-hybridized carbons (Fsp3) is 0.357. The molecule has 1 saturated heterocycles. The van der Waals surface area contributed by atoms with Gasteiger partial charge in [0.2, 0.25) is 0 Å². The number of hydrazine groups is 2. The minimum absolute atomic E-state index is 0.0455. The Morgan fingerprint density at radius 1 is 1.13 bits per heavy atom. The lowest BCUT2D eigenvalue weighted by Gasteiger charge is -2.39. The summed E-state index contributed by atoms with van der Waals surface area (Å²) in [4.78, 5) is 2.37. The number of anilines is 1. The van der Waals surface area contributed by atoms with Crippen LogP contribution < -0.4 is 20.7 Å². The van der Waals surface area contributed by atoms with E-state index in [1.54, 1.807) is 6.92 Å². The average molecular weight is 984 g/mol. The van der Waals surface area contributed by atoms with E-state index in [0.29, 0.717) is 0 Å². The van der Waals surface area contributed by atoms with Gasteiger partial charge >= 0.3 is 0 Å². The minimum Gasteiger partial charge on any atom is -0.471 e. The van der Waals surface area contributed by atoms with Crippen LogP contribution in [-0.2, 0) is 6.54 Å². The summed E-state index contributed by atoms with van der Waals surface area (Å²) in [6.07, 6.45) is 4.01. The van der Waals surface area contributed by atoms with E-state index in [-0.39, 0.29) is 97.6 Å². The Labute approximate surface area is 271 Å². The molecule has 214 valence electrons. The molecule has 2 aromatic carbocycles. The van der Waals surface area contributed by atoms with Crippen LogP contribution in [0.2, 0.25) is 0 Å². The lowest BCUT2D eigenvalue weighted by atomic mass is 9.83. The molecule has 0 saturated carbocycles. The van der Waals surface area contributed by atoms with Gasteiger partial charge in [-0.1, -0.05) is 113 Å². The van der Waals surface area contributed by atoms with E-state index >= 15 is 0 Å². The van der Waals surface area contributed by atoms with E-state index in [9.17, 15) is 10.2 Å². The standard InChI is InChI=1S/C28H36I4N4O3/c1-28(38,18-37)21-7-6-12-35(16-21)15-20-9-8-19(13-26(20)39-27(31-4)32-5)24-17-36(34-33-24)25-11-10-22(29-2)14-23(25)30-3/h8-11,13-14,17,21,27,33-34,37-38H,2-7,12,15-16,18H2,1H3/t21-,28+/m0/s1. The van der Waals surface area contributed by atoms with Crippen molar-refractivity contribution in [2.24, 2.45) is 5.92 Å². The normalized spacial score (nSPS) is 19.5. The summed E-state index contributed by atoms with van der Waals surface area (Å²) in [6.45, 7) is 3.97. The topological polar surface area (TPSA) is 80.2 Å².